The van der Waals surface area contributed by atoms with E-state index in [-0.39, 0.29) is 21.7 Å². The Kier molecular flexibility index (Phi) is 11.2. The molecule has 0 radical (unpaired) electrons. The van der Waals surface area contributed by atoms with Crippen molar-refractivity contribution in [2.75, 3.05) is 0 Å². The van der Waals surface area contributed by atoms with Crippen molar-refractivity contribution in [3.63, 3.8) is 0 Å². The Morgan fingerprint density at radius 3 is 0.585 bits per heavy atom. The Hall–Kier alpha value is -4.77. The largest absolute Gasteiger partial charge is 4.00 e. The summed E-state index contributed by atoms with van der Waals surface area (Å²) in [6.07, 6.45) is 0. The molecular weight excluding hydrogens is 536 g/mol. The topological polar surface area (TPSA) is 56.4 Å². The van der Waals surface area contributed by atoms with E-state index in [1.807, 2.05) is 170 Å². The maximum atomic E-state index is 4.64. The van der Waals surface area contributed by atoms with Crippen molar-refractivity contribution >= 4 is 45.5 Å². The fraction of sp³-hybridized carbons (Fsp3) is 0. The van der Waals surface area contributed by atoms with Crippen LogP contribution in [0.1, 0.15) is 0 Å². The first-order valence-corrected chi connectivity index (χ1v) is 13.1. The fourth-order valence-corrected chi connectivity index (χ4v) is 3.87. The molecule has 0 spiro atoms. The molecule has 0 bridgehead atoms. The normalized spacial score (nSPS) is 9.76. The summed E-state index contributed by atoms with van der Waals surface area (Å²) < 4.78 is 0. The molecule has 0 saturated carbocycles. The molecule has 0 atom stereocenters. The van der Waals surface area contributed by atoms with Gasteiger partial charge in [-0.3, -0.25) is 0 Å². The number of para-hydroxylation sites is 8. The number of hydrogen-bond donors (Lipinski definition) is 0. The molecule has 196 valence electrons. The zero-order valence-electron chi connectivity index (χ0n) is 22.5. The third-order valence-corrected chi connectivity index (χ3v) is 5.79. The van der Waals surface area contributed by atoms with Gasteiger partial charge >= 0.3 is 21.7 Å². The smallest absolute Gasteiger partial charge is 0.659 e. The van der Waals surface area contributed by atoms with Crippen molar-refractivity contribution in [1.82, 2.24) is 0 Å². The van der Waals surface area contributed by atoms with Gasteiger partial charge in [-0.25, -0.2) is 0 Å². The van der Waals surface area contributed by atoms with E-state index in [4.69, 9.17) is 0 Å². The van der Waals surface area contributed by atoms with Crippen molar-refractivity contribution in [3.05, 3.63) is 191 Å². The summed E-state index contributed by atoms with van der Waals surface area (Å²) in [5.41, 5.74) is 7.24. The predicted molar refractivity (Wildman–Crippen MR) is 169 cm³/mol. The van der Waals surface area contributed by atoms with Gasteiger partial charge in [0.15, 0.2) is 0 Å². The van der Waals surface area contributed by atoms with E-state index in [1.165, 1.54) is 0 Å². The van der Waals surface area contributed by atoms with Gasteiger partial charge in [0.1, 0.15) is 0 Å². The van der Waals surface area contributed by atoms with Gasteiger partial charge < -0.3 is 21.3 Å². The van der Waals surface area contributed by atoms with Gasteiger partial charge in [-0.2, -0.15) is 22.7 Å². The first kappa shape index (κ1) is 29.2. The molecule has 0 aromatic heterocycles. The van der Waals surface area contributed by atoms with Crippen LogP contribution >= 0.6 is 0 Å². The van der Waals surface area contributed by atoms with Gasteiger partial charge in [0.2, 0.25) is 0 Å². The number of nitrogens with zero attached hydrogens (tertiary/aromatic N) is 4. The second kappa shape index (κ2) is 15.7. The molecule has 0 aliphatic heterocycles. The minimum Gasteiger partial charge on any atom is -0.659 e. The second-order valence-corrected chi connectivity index (χ2v) is 8.77. The van der Waals surface area contributed by atoms with Crippen LogP contribution in [0.5, 0.6) is 0 Å². The van der Waals surface area contributed by atoms with Crippen LogP contribution in [0.2, 0.25) is 0 Å². The van der Waals surface area contributed by atoms with Crippen molar-refractivity contribution in [1.29, 1.82) is 0 Å². The summed E-state index contributed by atoms with van der Waals surface area (Å²) in [5, 5.41) is 18.6. The summed E-state index contributed by atoms with van der Waals surface area (Å²) in [6.45, 7) is 0. The third kappa shape index (κ3) is 9.15. The Morgan fingerprint density at radius 1 is 0.220 bits per heavy atom. The summed E-state index contributed by atoms with van der Waals surface area (Å²) in [7, 11) is 0. The van der Waals surface area contributed by atoms with Gasteiger partial charge in [0.25, 0.3) is 0 Å². The van der Waals surface area contributed by atoms with E-state index in [0.717, 1.165) is 45.5 Å². The van der Waals surface area contributed by atoms with Crippen LogP contribution in [-0.4, -0.2) is 0 Å². The standard InChI is InChI=1S/2C18H14N2.Ti/c2*1-3-9-15(10-4-1)19-17-13-7-8-14-18(17)20-16-11-5-2-6-12-16;/h2*1-14H;/q2*-2;+4. The van der Waals surface area contributed by atoms with E-state index in [2.05, 4.69) is 21.3 Å². The first-order valence-electron chi connectivity index (χ1n) is 13.1. The monoisotopic (exact) mass is 564 g/mol. The molecule has 0 heterocycles. The minimum atomic E-state index is 0. The van der Waals surface area contributed by atoms with Crippen LogP contribution in [0.3, 0.4) is 0 Å². The summed E-state index contributed by atoms with van der Waals surface area (Å²) >= 11 is 0. The van der Waals surface area contributed by atoms with E-state index in [1.54, 1.807) is 0 Å². The molecule has 0 amide bonds. The quantitative estimate of drug-likeness (QED) is 0.165. The van der Waals surface area contributed by atoms with Crippen molar-refractivity contribution in [2.24, 2.45) is 0 Å². The Morgan fingerprint density at radius 2 is 0.390 bits per heavy atom. The van der Waals surface area contributed by atoms with Crippen LogP contribution < -0.4 is 0 Å². The van der Waals surface area contributed by atoms with Crippen molar-refractivity contribution in [3.8, 4) is 0 Å². The molecule has 0 N–H and O–H groups in total. The molecule has 5 heteroatoms. The maximum Gasteiger partial charge on any atom is 4.00 e. The SMILES string of the molecule is [Ti+4].c1ccc([N-]c2ccccc2[N-]c2ccccc2)cc1.c1ccc([N-]c2ccccc2[N-]c2ccccc2)cc1. The molecule has 0 unspecified atom stereocenters. The molecular formula is C36H28N4Ti. The zero-order chi connectivity index (χ0) is 27.2. The average Bonchev–Trinajstić information content (AvgIpc) is 3.02. The number of benzene rings is 6. The van der Waals surface area contributed by atoms with Crippen LogP contribution in [-0.2, 0) is 21.7 Å². The molecule has 6 rings (SSSR count). The maximum absolute atomic E-state index is 4.64. The molecule has 0 aliphatic rings. The minimum absolute atomic E-state index is 0. The van der Waals surface area contributed by atoms with Crippen molar-refractivity contribution < 1.29 is 21.7 Å². The van der Waals surface area contributed by atoms with Gasteiger partial charge in [0, 0.05) is 0 Å². The third-order valence-electron chi connectivity index (χ3n) is 5.79. The van der Waals surface area contributed by atoms with Crippen LogP contribution in [0.15, 0.2) is 170 Å². The van der Waals surface area contributed by atoms with Crippen LogP contribution in [0.25, 0.3) is 21.3 Å². The number of rotatable bonds is 8. The number of hydrogen-bond acceptors (Lipinski definition) is 0. The molecule has 4 nitrogen and oxygen atoms in total. The van der Waals surface area contributed by atoms with Crippen molar-refractivity contribution in [2.45, 2.75) is 0 Å². The summed E-state index contributed by atoms with van der Waals surface area (Å²) in [5.74, 6) is 0. The molecule has 0 aliphatic carbocycles. The molecule has 41 heavy (non-hydrogen) atoms. The fourth-order valence-electron chi connectivity index (χ4n) is 3.87. The molecule has 0 saturated heterocycles. The second-order valence-electron chi connectivity index (χ2n) is 8.77. The predicted octanol–water partition coefficient (Wildman–Crippen LogP) is 12.7. The Balaban J connectivity index is 0.000000184. The first-order chi connectivity index (χ1) is 19.8. The van der Waals surface area contributed by atoms with Gasteiger partial charge in [0.05, 0.1) is 0 Å². The summed E-state index contributed by atoms with van der Waals surface area (Å²) in [4.78, 5) is 0. The Bertz CT molecular complexity index is 1330. The van der Waals surface area contributed by atoms with E-state index < -0.39 is 0 Å². The molecule has 0 fully saturated rings. The molecule has 6 aromatic carbocycles. The Labute approximate surface area is 257 Å². The van der Waals surface area contributed by atoms with Crippen LogP contribution in [0.4, 0.5) is 45.5 Å². The van der Waals surface area contributed by atoms with E-state index in [0.29, 0.717) is 0 Å². The van der Waals surface area contributed by atoms with Gasteiger partial charge in [-0.1, -0.05) is 170 Å². The van der Waals surface area contributed by atoms with Gasteiger partial charge in [-0.05, 0) is 0 Å². The summed E-state index contributed by atoms with van der Waals surface area (Å²) in [6, 6.07) is 55.5. The molecule has 6 aromatic rings. The van der Waals surface area contributed by atoms with E-state index >= 15 is 0 Å². The van der Waals surface area contributed by atoms with E-state index in [9.17, 15) is 0 Å². The van der Waals surface area contributed by atoms with Crippen LogP contribution in [0, 0.1) is 0 Å². The average molecular weight is 565 g/mol. The zero-order valence-corrected chi connectivity index (χ0v) is 24.0. The van der Waals surface area contributed by atoms with Gasteiger partial charge in [-0.15, -0.1) is 22.7 Å².